The van der Waals surface area contributed by atoms with E-state index in [9.17, 15) is 27.6 Å². The number of aromatic nitrogens is 2. The van der Waals surface area contributed by atoms with Gasteiger partial charge in [-0.3, -0.25) is 9.59 Å². The number of carbonyl (C=O) groups is 2. The number of hydrogen-bond donors (Lipinski definition) is 3. The number of H-pyrrole nitrogens is 1. The van der Waals surface area contributed by atoms with E-state index in [1.165, 1.54) is 12.3 Å². The van der Waals surface area contributed by atoms with Crippen LogP contribution in [-0.4, -0.2) is 32.2 Å². The summed E-state index contributed by atoms with van der Waals surface area (Å²) in [6.07, 6.45) is -4.60. The van der Waals surface area contributed by atoms with Crippen LogP contribution in [0.3, 0.4) is 0 Å². The molecule has 0 radical (unpaired) electrons. The predicted octanol–water partition coefficient (Wildman–Crippen LogP) is 4.47. The number of halogens is 4. The van der Waals surface area contributed by atoms with Crippen molar-refractivity contribution in [3.8, 4) is 0 Å². The summed E-state index contributed by atoms with van der Waals surface area (Å²) < 4.78 is 38.6. The van der Waals surface area contributed by atoms with Crippen LogP contribution < -0.4 is 10.9 Å². The molecule has 1 amide bonds. The maximum absolute atomic E-state index is 12.9. The Balaban J connectivity index is 1.80. The molecule has 1 atom stereocenters. The molecule has 0 bridgehead atoms. The van der Waals surface area contributed by atoms with Crippen molar-refractivity contribution >= 4 is 62.5 Å². The van der Waals surface area contributed by atoms with Gasteiger partial charge in [0.2, 0.25) is 5.91 Å². The minimum absolute atomic E-state index is 0.0593. The molecular weight excluding hydrogens is 467 g/mol. The van der Waals surface area contributed by atoms with Gasteiger partial charge in [-0.15, -0.1) is 11.3 Å². The summed E-state index contributed by atoms with van der Waals surface area (Å²) in [4.78, 5) is 42.5. The minimum Gasteiger partial charge on any atom is -0.478 e. The molecule has 158 valence electrons. The van der Waals surface area contributed by atoms with Crippen LogP contribution in [0.15, 0.2) is 33.5 Å². The first-order chi connectivity index (χ1) is 14.0. The van der Waals surface area contributed by atoms with Crippen molar-refractivity contribution in [2.75, 3.05) is 5.32 Å². The molecule has 13 heteroatoms. The van der Waals surface area contributed by atoms with E-state index >= 15 is 0 Å². The number of carboxylic acid groups (broad SMARTS) is 1. The number of fused-ring (bicyclic) bond motifs is 1. The summed E-state index contributed by atoms with van der Waals surface area (Å²) in [6.45, 7) is 1.46. The molecule has 0 aliphatic heterocycles. The first-order valence-corrected chi connectivity index (χ1v) is 10.2. The van der Waals surface area contributed by atoms with E-state index in [1.807, 2.05) is 0 Å². The molecule has 2 heterocycles. The van der Waals surface area contributed by atoms with Gasteiger partial charge in [-0.1, -0.05) is 23.4 Å². The van der Waals surface area contributed by atoms with Crippen LogP contribution in [0.5, 0.6) is 0 Å². The second-order valence-electron chi connectivity index (χ2n) is 5.95. The number of nitrogens with one attached hydrogen (secondary N) is 2. The van der Waals surface area contributed by atoms with Gasteiger partial charge in [0.1, 0.15) is 4.83 Å². The van der Waals surface area contributed by atoms with Crippen molar-refractivity contribution in [3.63, 3.8) is 0 Å². The zero-order valence-corrected chi connectivity index (χ0v) is 17.2. The van der Waals surface area contributed by atoms with E-state index in [1.54, 1.807) is 0 Å². The fourth-order valence-electron chi connectivity index (χ4n) is 2.40. The number of benzene rings is 1. The van der Waals surface area contributed by atoms with Crippen LogP contribution in [0.1, 0.15) is 22.8 Å². The highest BCUT2D eigenvalue weighted by atomic mass is 35.5. The Morgan fingerprint density at radius 2 is 2.07 bits per heavy atom. The Hall–Kier alpha value is -2.57. The lowest BCUT2D eigenvalue weighted by molar-refractivity contribution is -0.137. The summed E-state index contributed by atoms with van der Waals surface area (Å²) in [6, 6.07) is 2.55. The third kappa shape index (κ3) is 4.60. The van der Waals surface area contributed by atoms with Gasteiger partial charge in [0.05, 0.1) is 32.5 Å². The molecule has 3 aromatic rings. The number of rotatable bonds is 5. The number of nitrogens with zero attached hydrogens (tertiary/aromatic N) is 1. The van der Waals surface area contributed by atoms with Crippen molar-refractivity contribution in [1.29, 1.82) is 0 Å². The predicted molar refractivity (Wildman–Crippen MR) is 108 cm³/mol. The number of aromatic carboxylic acids is 1. The molecule has 0 aliphatic rings. The lowest BCUT2D eigenvalue weighted by atomic mass is 10.2. The van der Waals surface area contributed by atoms with Crippen LogP contribution in [0.4, 0.5) is 18.9 Å². The van der Waals surface area contributed by atoms with Crippen LogP contribution in [-0.2, 0) is 11.0 Å². The van der Waals surface area contributed by atoms with E-state index in [0.717, 1.165) is 41.3 Å². The summed E-state index contributed by atoms with van der Waals surface area (Å²) >= 11 is 7.69. The molecule has 30 heavy (non-hydrogen) atoms. The standard InChI is InChI=1S/C17H11ClF3N3O4S2/c1-6(12(25)22-10-4-7(17(19,20)21)2-3-9(10)18)30-16-23-13(26)11-8(15(27)28)5-29-14(11)24-16/h2-6H,1H3,(H,22,25)(H,27,28)(H,23,24,26). The third-order valence-corrected chi connectivity index (χ3v) is 6.05. The van der Waals surface area contributed by atoms with Crippen molar-refractivity contribution < 1.29 is 27.9 Å². The number of alkyl halides is 3. The quantitative estimate of drug-likeness (QED) is 0.369. The van der Waals surface area contributed by atoms with Gasteiger partial charge in [-0.25, -0.2) is 9.78 Å². The average molecular weight is 478 g/mol. The number of thioether (sulfide) groups is 1. The smallest absolute Gasteiger partial charge is 0.416 e. The Morgan fingerprint density at radius 3 is 2.70 bits per heavy atom. The van der Waals surface area contributed by atoms with E-state index in [0.29, 0.717) is 0 Å². The molecular formula is C17H11ClF3N3O4S2. The van der Waals surface area contributed by atoms with Gasteiger partial charge in [0, 0.05) is 5.38 Å². The molecule has 0 aliphatic carbocycles. The highest BCUT2D eigenvalue weighted by Gasteiger charge is 2.31. The number of thiophene rings is 1. The number of carbonyl (C=O) groups excluding carboxylic acids is 1. The highest BCUT2D eigenvalue weighted by Crippen LogP contribution is 2.34. The van der Waals surface area contributed by atoms with Gasteiger partial charge in [0.25, 0.3) is 5.56 Å². The van der Waals surface area contributed by atoms with Crippen molar-refractivity contribution in [2.45, 2.75) is 23.5 Å². The minimum atomic E-state index is -4.60. The Labute approximate surface area is 179 Å². The molecule has 3 N–H and O–H groups in total. The summed E-state index contributed by atoms with van der Waals surface area (Å²) in [7, 11) is 0. The SMILES string of the molecule is CC(Sc1nc2scc(C(=O)O)c2c(=O)[nH]1)C(=O)Nc1cc(C(F)(F)F)ccc1Cl. The molecule has 0 saturated heterocycles. The van der Waals surface area contributed by atoms with Crippen molar-refractivity contribution in [3.05, 3.63) is 50.1 Å². The Bertz CT molecular complexity index is 1210. The lowest BCUT2D eigenvalue weighted by Gasteiger charge is -2.14. The molecule has 7 nitrogen and oxygen atoms in total. The molecule has 0 spiro atoms. The topological polar surface area (TPSA) is 112 Å². The Kier molecular flexibility index (Phi) is 6.11. The molecule has 0 fully saturated rings. The zero-order chi connectivity index (χ0) is 22.2. The largest absolute Gasteiger partial charge is 0.478 e. The summed E-state index contributed by atoms with van der Waals surface area (Å²) in [5, 5.41) is 11.8. The van der Waals surface area contributed by atoms with Crippen LogP contribution in [0.25, 0.3) is 10.2 Å². The van der Waals surface area contributed by atoms with Gasteiger partial charge in [-0.05, 0) is 25.1 Å². The first-order valence-electron chi connectivity index (χ1n) is 8.06. The summed E-state index contributed by atoms with van der Waals surface area (Å²) in [5.41, 5.74) is -2.02. The van der Waals surface area contributed by atoms with Gasteiger partial charge < -0.3 is 15.4 Å². The van der Waals surface area contributed by atoms with Gasteiger partial charge in [-0.2, -0.15) is 13.2 Å². The molecule has 1 unspecified atom stereocenters. The van der Waals surface area contributed by atoms with Crippen LogP contribution in [0.2, 0.25) is 5.02 Å². The normalized spacial score (nSPS) is 12.7. The number of anilines is 1. The number of hydrogen-bond acceptors (Lipinski definition) is 6. The molecule has 0 saturated carbocycles. The number of carboxylic acids is 1. The van der Waals surface area contributed by atoms with E-state index in [4.69, 9.17) is 16.7 Å². The van der Waals surface area contributed by atoms with Crippen LogP contribution in [0, 0.1) is 0 Å². The first kappa shape index (κ1) is 22.1. The van der Waals surface area contributed by atoms with E-state index < -0.39 is 34.4 Å². The molecule has 1 aromatic carbocycles. The van der Waals surface area contributed by atoms with Crippen LogP contribution >= 0.6 is 34.7 Å². The Morgan fingerprint density at radius 1 is 1.37 bits per heavy atom. The highest BCUT2D eigenvalue weighted by molar-refractivity contribution is 8.00. The van der Waals surface area contributed by atoms with E-state index in [2.05, 4.69) is 15.3 Å². The fraction of sp³-hybridized carbons (Fsp3) is 0.176. The van der Waals surface area contributed by atoms with Gasteiger partial charge >= 0.3 is 12.1 Å². The summed E-state index contributed by atoms with van der Waals surface area (Å²) in [5.74, 6) is -1.93. The van der Waals surface area contributed by atoms with Crippen molar-refractivity contribution in [1.82, 2.24) is 9.97 Å². The number of aromatic amines is 1. The average Bonchev–Trinajstić information content (AvgIpc) is 3.07. The lowest BCUT2D eigenvalue weighted by Crippen LogP contribution is -2.23. The van der Waals surface area contributed by atoms with Gasteiger partial charge in [0.15, 0.2) is 5.16 Å². The van der Waals surface area contributed by atoms with Crippen molar-refractivity contribution in [2.24, 2.45) is 0 Å². The zero-order valence-electron chi connectivity index (χ0n) is 14.8. The molecule has 3 rings (SSSR count). The molecule has 2 aromatic heterocycles. The monoisotopic (exact) mass is 477 g/mol. The number of amides is 1. The third-order valence-electron chi connectivity index (χ3n) is 3.86. The maximum Gasteiger partial charge on any atom is 0.416 e. The second kappa shape index (κ2) is 8.28. The second-order valence-corrected chi connectivity index (χ2v) is 8.54. The maximum atomic E-state index is 12.9. The van der Waals surface area contributed by atoms with E-state index in [-0.39, 0.29) is 31.6 Å². The fourth-order valence-corrected chi connectivity index (χ4v) is 4.33.